The Morgan fingerprint density at radius 3 is 2.68 bits per heavy atom. The van der Waals surface area contributed by atoms with E-state index >= 15 is 0 Å². The van der Waals surface area contributed by atoms with Gasteiger partial charge in [0, 0.05) is 6.54 Å². The molecule has 19 heavy (non-hydrogen) atoms. The second-order valence-electron chi connectivity index (χ2n) is 3.63. The van der Waals surface area contributed by atoms with Crippen LogP contribution >= 0.6 is 0 Å². The maximum atomic E-state index is 13.6. The van der Waals surface area contributed by atoms with Gasteiger partial charge in [-0.15, -0.1) is 0 Å². The highest BCUT2D eigenvalue weighted by Gasteiger charge is 2.11. The summed E-state index contributed by atoms with van der Waals surface area (Å²) in [6.45, 7) is 2.53. The summed E-state index contributed by atoms with van der Waals surface area (Å²) in [6, 6.07) is 6.96. The van der Waals surface area contributed by atoms with Crippen LogP contribution in [0.4, 0.5) is 10.3 Å². The number of hydrogen-bond donors (Lipinski definition) is 1. The molecule has 0 atom stereocenters. The Balaban J connectivity index is 2.29. The number of nitrogens with zero attached hydrogens (tertiary/aromatic N) is 2. The van der Waals surface area contributed by atoms with Gasteiger partial charge in [0.25, 0.3) is 5.88 Å². The Morgan fingerprint density at radius 1 is 1.26 bits per heavy atom. The summed E-state index contributed by atoms with van der Waals surface area (Å²) < 4.78 is 24.2. The molecule has 100 valence electrons. The van der Waals surface area contributed by atoms with Gasteiger partial charge in [0.2, 0.25) is 11.8 Å². The molecule has 0 aliphatic heterocycles. The summed E-state index contributed by atoms with van der Waals surface area (Å²) in [4.78, 5) is 7.76. The van der Waals surface area contributed by atoms with Crippen molar-refractivity contribution in [2.45, 2.75) is 6.92 Å². The maximum Gasteiger partial charge on any atom is 0.261 e. The predicted molar refractivity (Wildman–Crippen MR) is 69.2 cm³/mol. The van der Waals surface area contributed by atoms with Gasteiger partial charge in [-0.25, -0.2) is 4.98 Å². The van der Waals surface area contributed by atoms with Crippen LogP contribution in [0.1, 0.15) is 6.92 Å². The van der Waals surface area contributed by atoms with Crippen molar-refractivity contribution < 1.29 is 13.9 Å². The third-order valence-corrected chi connectivity index (χ3v) is 2.32. The number of hydrogen-bond acceptors (Lipinski definition) is 5. The van der Waals surface area contributed by atoms with E-state index in [-0.39, 0.29) is 5.88 Å². The molecule has 1 aromatic carbocycles. The molecular weight excluding hydrogens is 249 g/mol. The van der Waals surface area contributed by atoms with Crippen LogP contribution in [0, 0.1) is 5.82 Å². The number of halogens is 1. The van der Waals surface area contributed by atoms with Crippen molar-refractivity contribution in [2.24, 2.45) is 0 Å². The van der Waals surface area contributed by atoms with Crippen molar-refractivity contribution >= 4 is 5.95 Å². The van der Waals surface area contributed by atoms with Crippen LogP contribution in [-0.2, 0) is 0 Å². The lowest BCUT2D eigenvalue weighted by Crippen LogP contribution is -2.04. The molecular formula is C13H14FN3O2. The van der Waals surface area contributed by atoms with Gasteiger partial charge in [-0.2, -0.15) is 9.37 Å². The third-order valence-electron chi connectivity index (χ3n) is 2.32. The Bertz CT molecular complexity index is 563. The minimum atomic E-state index is -0.632. The Morgan fingerprint density at radius 2 is 2.00 bits per heavy atom. The first-order chi connectivity index (χ1) is 9.24. The van der Waals surface area contributed by atoms with Crippen molar-refractivity contribution in [3.8, 4) is 17.4 Å². The molecule has 0 unspecified atom stereocenters. The number of aromatic nitrogens is 2. The zero-order valence-electron chi connectivity index (χ0n) is 10.7. The molecule has 0 aliphatic rings. The van der Waals surface area contributed by atoms with Crippen molar-refractivity contribution in [3.05, 3.63) is 36.3 Å². The van der Waals surface area contributed by atoms with Crippen LogP contribution < -0.4 is 14.8 Å². The highest BCUT2D eigenvalue weighted by atomic mass is 19.1. The Kier molecular flexibility index (Phi) is 4.12. The van der Waals surface area contributed by atoms with Crippen molar-refractivity contribution in [3.63, 3.8) is 0 Å². The molecule has 0 radical (unpaired) electrons. The lowest BCUT2D eigenvalue weighted by molar-refractivity contribution is 0.363. The van der Waals surface area contributed by atoms with Crippen molar-refractivity contribution in [2.75, 3.05) is 19.0 Å². The highest BCUT2D eigenvalue weighted by Crippen LogP contribution is 2.31. The molecule has 0 bridgehead atoms. The summed E-state index contributed by atoms with van der Waals surface area (Å²) in [5.74, 6) is 0.437. The molecule has 1 aromatic heterocycles. The number of para-hydroxylation sites is 2. The molecule has 2 rings (SSSR count). The Hall–Kier alpha value is -2.37. The number of methoxy groups -OCH3 is 1. The average Bonchev–Trinajstić information content (AvgIpc) is 2.43. The van der Waals surface area contributed by atoms with Crippen LogP contribution in [0.15, 0.2) is 30.5 Å². The fraction of sp³-hybridized carbons (Fsp3) is 0.231. The van der Waals surface area contributed by atoms with E-state index in [0.29, 0.717) is 24.0 Å². The fourth-order valence-corrected chi connectivity index (χ4v) is 1.47. The number of benzene rings is 1. The fourth-order valence-electron chi connectivity index (χ4n) is 1.47. The Labute approximate surface area is 110 Å². The molecule has 0 saturated carbocycles. The number of rotatable bonds is 5. The third kappa shape index (κ3) is 3.09. The minimum Gasteiger partial charge on any atom is -0.493 e. The van der Waals surface area contributed by atoms with Crippen molar-refractivity contribution in [1.82, 2.24) is 9.97 Å². The minimum absolute atomic E-state index is 0.143. The van der Waals surface area contributed by atoms with E-state index in [2.05, 4.69) is 15.3 Å². The van der Waals surface area contributed by atoms with Gasteiger partial charge in [-0.3, -0.25) is 0 Å². The molecule has 0 aliphatic carbocycles. The summed E-state index contributed by atoms with van der Waals surface area (Å²) in [7, 11) is 1.52. The predicted octanol–water partition coefficient (Wildman–Crippen LogP) is 2.85. The molecule has 2 aromatic rings. The second-order valence-corrected chi connectivity index (χ2v) is 3.63. The largest absolute Gasteiger partial charge is 0.493 e. The first kappa shape index (κ1) is 13.1. The van der Waals surface area contributed by atoms with E-state index in [0.717, 1.165) is 6.20 Å². The van der Waals surface area contributed by atoms with E-state index in [9.17, 15) is 4.39 Å². The smallest absolute Gasteiger partial charge is 0.261 e. The van der Waals surface area contributed by atoms with E-state index in [4.69, 9.17) is 9.47 Å². The van der Waals surface area contributed by atoms with Gasteiger partial charge in [0.1, 0.15) is 0 Å². The number of ether oxygens (including phenoxy) is 2. The van der Waals surface area contributed by atoms with Crippen LogP contribution in [-0.4, -0.2) is 23.6 Å². The van der Waals surface area contributed by atoms with Gasteiger partial charge in [0.05, 0.1) is 13.3 Å². The van der Waals surface area contributed by atoms with E-state index in [1.165, 1.54) is 7.11 Å². The van der Waals surface area contributed by atoms with E-state index in [1.54, 1.807) is 24.3 Å². The molecule has 6 heteroatoms. The second kappa shape index (κ2) is 5.99. The van der Waals surface area contributed by atoms with Crippen LogP contribution in [0.2, 0.25) is 0 Å². The molecule has 0 amide bonds. The number of anilines is 1. The molecule has 5 nitrogen and oxygen atoms in total. The van der Waals surface area contributed by atoms with Gasteiger partial charge in [0.15, 0.2) is 11.5 Å². The highest BCUT2D eigenvalue weighted by molar-refractivity contribution is 5.42. The zero-order valence-corrected chi connectivity index (χ0v) is 10.7. The molecule has 1 heterocycles. The zero-order chi connectivity index (χ0) is 13.7. The quantitative estimate of drug-likeness (QED) is 0.898. The molecule has 0 spiro atoms. The molecule has 0 fully saturated rings. The van der Waals surface area contributed by atoms with Gasteiger partial charge in [-0.1, -0.05) is 12.1 Å². The first-order valence-electron chi connectivity index (χ1n) is 5.82. The number of nitrogens with one attached hydrogen (secondary N) is 1. The summed E-state index contributed by atoms with van der Waals surface area (Å²) in [5, 5.41) is 2.89. The van der Waals surface area contributed by atoms with Gasteiger partial charge >= 0.3 is 0 Å². The van der Waals surface area contributed by atoms with E-state index < -0.39 is 5.82 Å². The molecule has 0 saturated heterocycles. The maximum absolute atomic E-state index is 13.6. The lowest BCUT2D eigenvalue weighted by atomic mass is 10.3. The van der Waals surface area contributed by atoms with Crippen LogP contribution in [0.3, 0.4) is 0 Å². The summed E-state index contributed by atoms with van der Waals surface area (Å²) in [5.41, 5.74) is 0. The summed E-state index contributed by atoms with van der Waals surface area (Å²) >= 11 is 0. The lowest BCUT2D eigenvalue weighted by Gasteiger charge is -2.10. The standard InChI is InChI=1S/C13H14FN3O2/c1-3-15-13-16-8-9(14)12(17-13)19-11-7-5-4-6-10(11)18-2/h4-8H,3H2,1-2H3,(H,15,16,17). The normalized spacial score (nSPS) is 10.1. The van der Waals surface area contributed by atoms with Crippen molar-refractivity contribution in [1.29, 1.82) is 0 Å². The average molecular weight is 263 g/mol. The van der Waals surface area contributed by atoms with Crippen LogP contribution in [0.5, 0.6) is 17.4 Å². The molecule has 1 N–H and O–H groups in total. The van der Waals surface area contributed by atoms with Crippen LogP contribution in [0.25, 0.3) is 0 Å². The van der Waals surface area contributed by atoms with Gasteiger partial charge < -0.3 is 14.8 Å². The topological polar surface area (TPSA) is 56.3 Å². The first-order valence-corrected chi connectivity index (χ1v) is 5.82. The summed E-state index contributed by atoms with van der Waals surface area (Å²) in [6.07, 6.45) is 1.07. The van der Waals surface area contributed by atoms with Gasteiger partial charge in [-0.05, 0) is 19.1 Å². The van der Waals surface area contributed by atoms with E-state index in [1.807, 2.05) is 6.92 Å². The monoisotopic (exact) mass is 263 g/mol. The SMILES string of the molecule is CCNc1ncc(F)c(Oc2ccccc2OC)n1.